The standard InChI is InChI=1S/C26H27N3O5/c1-33-17-22-27-14-7-8-16-34-21-12-6-5-11-19(21)23(18-9-3-2-4-10-18)29(22)28-15-13-20(30)25(31)24(28)26(27)32/h2-6,9-13,15,22-23,31H,7-8,14,16-17H2,1H3/t22-,23-/m0/s1. The molecule has 2 aromatic carbocycles. The molecule has 0 fully saturated rings. The van der Waals surface area contributed by atoms with Crippen LogP contribution in [-0.4, -0.2) is 53.6 Å². The van der Waals surface area contributed by atoms with E-state index in [4.69, 9.17) is 9.47 Å². The summed E-state index contributed by atoms with van der Waals surface area (Å²) in [7, 11) is 1.60. The van der Waals surface area contributed by atoms with Crippen LogP contribution in [-0.2, 0) is 4.74 Å². The largest absolute Gasteiger partial charge is 0.502 e. The number of aromatic nitrogens is 1. The predicted molar refractivity (Wildman–Crippen MR) is 127 cm³/mol. The van der Waals surface area contributed by atoms with Crippen molar-refractivity contribution in [1.29, 1.82) is 0 Å². The van der Waals surface area contributed by atoms with Crippen molar-refractivity contribution in [3.63, 3.8) is 0 Å². The third-order valence-corrected chi connectivity index (χ3v) is 6.39. The van der Waals surface area contributed by atoms with Gasteiger partial charge in [0.05, 0.1) is 13.2 Å². The van der Waals surface area contributed by atoms with Gasteiger partial charge < -0.3 is 19.5 Å². The van der Waals surface area contributed by atoms with Gasteiger partial charge in [-0.2, -0.15) is 0 Å². The molecule has 0 saturated heterocycles. The zero-order chi connectivity index (χ0) is 23.7. The molecule has 3 aromatic rings. The highest BCUT2D eigenvalue weighted by atomic mass is 16.5. The van der Waals surface area contributed by atoms with Gasteiger partial charge in [-0.05, 0) is 24.5 Å². The average Bonchev–Trinajstić information content (AvgIpc) is 2.87. The molecule has 2 atom stereocenters. The first-order valence-corrected chi connectivity index (χ1v) is 11.4. The lowest BCUT2D eigenvalue weighted by atomic mass is 9.96. The Hall–Kier alpha value is -3.78. The van der Waals surface area contributed by atoms with E-state index in [0.29, 0.717) is 19.6 Å². The Labute approximate surface area is 197 Å². The maximum absolute atomic E-state index is 13.6. The fourth-order valence-electron chi connectivity index (χ4n) is 4.84. The van der Waals surface area contributed by atoms with Crippen LogP contribution in [0.15, 0.2) is 71.7 Å². The molecule has 1 aromatic heterocycles. The first-order chi connectivity index (χ1) is 16.6. The lowest BCUT2D eigenvalue weighted by Crippen LogP contribution is -2.64. The van der Waals surface area contributed by atoms with Crippen LogP contribution in [0.4, 0.5) is 0 Å². The van der Waals surface area contributed by atoms with Crippen LogP contribution in [0.2, 0.25) is 0 Å². The van der Waals surface area contributed by atoms with Crippen molar-refractivity contribution in [2.24, 2.45) is 0 Å². The molecule has 2 bridgehead atoms. The van der Waals surface area contributed by atoms with Gasteiger partial charge in [-0.25, -0.2) is 0 Å². The van der Waals surface area contributed by atoms with Crippen LogP contribution in [0, 0.1) is 0 Å². The number of rotatable bonds is 3. The molecule has 1 amide bonds. The highest BCUT2D eigenvalue weighted by Crippen LogP contribution is 2.39. The number of para-hydroxylation sites is 1. The van der Waals surface area contributed by atoms with Crippen LogP contribution in [0.25, 0.3) is 0 Å². The molecule has 0 aliphatic carbocycles. The molecule has 34 heavy (non-hydrogen) atoms. The Morgan fingerprint density at radius 2 is 1.79 bits per heavy atom. The van der Waals surface area contributed by atoms with Crippen molar-refractivity contribution in [2.75, 3.05) is 31.9 Å². The van der Waals surface area contributed by atoms with Gasteiger partial charge >= 0.3 is 0 Å². The second-order valence-corrected chi connectivity index (χ2v) is 8.44. The Kier molecular flexibility index (Phi) is 5.98. The van der Waals surface area contributed by atoms with E-state index in [-0.39, 0.29) is 12.3 Å². The number of pyridine rings is 1. The Morgan fingerprint density at radius 1 is 1.03 bits per heavy atom. The van der Waals surface area contributed by atoms with E-state index in [2.05, 4.69) is 0 Å². The number of fused-ring (bicyclic) bond motifs is 5. The number of hydrogen-bond donors (Lipinski definition) is 1. The highest BCUT2D eigenvalue weighted by Gasteiger charge is 2.43. The fourth-order valence-corrected chi connectivity index (χ4v) is 4.84. The fraction of sp³-hybridized carbons (Fsp3) is 0.308. The minimum atomic E-state index is -0.589. The van der Waals surface area contributed by atoms with Crippen molar-refractivity contribution >= 4 is 5.91 Å². The molecule has 0 spiro atoms. The second kappa shape index (κ2) is 9.23. The van der Waals surface area contributed by atoms with Crippen LogP contribution >= 0.6 is 0 Å². The lowest BCUT2D eigenvalue weighted by Gasteiger charge is -2.49. The molecule has 5 rings (SSSR count). The van der Waals surface area contributed by atoms with Crippen LogP contribution in [0.5, 0.6) is 11.5 Å². The quantitative estimate of drug-likeness (QED) is 0.646. The average molecular weight is 462 g/mol. The Balaban J connectivity index is 1.84. The van der Waals surface area contributed by atoms with E-state index in [1.54, 1.807) is 22.9 Å². The summed E-state index contributed by atoms with van der Waals surface area (Å²) in [5.41, 5.74) is 1.25. The molecular formula is C26H27N3O5. The summed E-state index contributed by atoms with van der Waals surface area (Å²) in [5, 5.41) is 12.7. The predicted octanol–water partition coefficient (Wildman–Crippen LogP) is 2.88. The molecule has 0 unspecified atom stereocenters. The van der Waals surface area contributed by atoms with E-state index in [1.165, 1.54) is 6.07 Å². The van der Waals surface area contributed by atoms with Crippen molar-refractivity contribution in [1.82, 2.24) is 9.58 Å². The topological polar surface area (TPSA) is 84.2 Å². The maximum Gasteiger partial charge on any atom is 0.278 e. The summed E-state index contributed by atoms with van der Waals surface area (Å²) in [4.78, 5) is 27.7. The third kappa shape index (κ3) is 3.70. The third-order valence-electron chi connectivity index (χ3n) is 6.39. The van der Waals surface area contributed by atoms with Gasteiger partial charge in [0, 0.05) is 31.5 Å². The van der Waals surface area contributed by atoms with Crippen molar-refractivity contribution in [3.05, 3.63) is 93.9 Å². The van der Waals surface area contributed by atoms with Crippen molar-refractivity contribution in [2.45, 2.75) is 25.0 Å². The second-order valence-electron chi connectivity index (χ2n) is 8.44. The monoisotopic (exact) mass is 461 g/mol. The molecule has 0 saturated carbocycles. The van der Waals surface area contributed by atoms with Gasteiger partial charge in [0.1, 0.15) is 18.0 Å². The van der Waals surface area contributed by atoms with E-state index >= 15 is 0 Å². The summed E-state index contributed by atoms with van der Waals surface area (Å²) in [6, 6.07) is 18.7. The number of carbonyl (C=O) groups is 1. The first kappa shape index (κ1) is 22.0. The summed E-state index contributed by atoms with van der Waals surface area (Å²) >= 11 is 0. The molecular weight excluding hydrogens is 434 g/mol. The number of aromatic hydroxyl groups is 1. The van der Waals surface area contributed by atoms with E-state index in [1.807, 2.05) is 59.6 Å². The Morgan fingerprint density at radius 3 is 2.59 bits per heavy atom. The summed E-state index contributed by atoms with van der Waals surface area (Å²) in [6.07, 6.45) is 2.52. The van der Waals surface area contributed by atoms with E-state index < -0.39 is 29.3 Å². The maximum atomic E-state index is 13.6. The molecule has 2 aliphatic heterocycles. The van der Waals surface area contributed by atoms with Crippen LogP contribution in [0.3, 0.4) is 0 Å². The van der Waals surface area contributed by atoms with Crippen molar-refractivity contribution in [3.8, 4) is 11.5 Å². The first-order valence-electron chi connectivity index (χ1n) is 11.4. The van der Waals surface area contributed by atoms with Gasteiger partial charge in [-0.1, -0.05) is 48.5 Å². The molecule has 0 radical (unpaired) electrons. The van der Waals surface area contributed by atoms with Gasteiger partial charge in [0.2, 0.25) is 5.43 Å². The number of amides is 1. The van der Waals surface area contributed by atoms with Crippen LogP contribution in [0.1, 0.15) is 40.5 Å². The van der Waals surface area contributed by atoms with E-state index in [0.717, 1.165) is 23.3 Å². The molecule has 2 aliphatic rings. The molecule has 3 heterocycles. The van der Waals surface area contributed by atoms with Gasteiger partial charge in [0.25, 0.3) is 5.91 Å². The zero-order valence-corrected chi connectivity index (χ0v) is 19.0. The zero-order valence-electron chi connectivity index (χ0n) is 19.0. The number of ether oxygens (including phenoxy) is 2. The smallest absolute Gasteiger partial charge is 0.278 e. The Bertz CT molecular complexity index is 1240. The number of methoxy groups -OCH3 is 1. The normalized spacial score (nSPS) is 20.1. The number of benzene rings is 2. The van der Waals surface area contributed by atoms with Gasteiger partial charge in [0.15, 0.2) is 11.4 Å². The van der Waals surface area contributed by atoms with Crippen molar-refractivity contribution < 1.29 is 19.4 Å². The number of carbonyl (C=O) groups excluding carboxylic acids is 1. The van der Waals surface area contributed by atoms with Gasteiger partial charge in [-0.3, -0.25) is 19.3 Å². The van der Waals surface area contributed by atoms with Crippen LogP contribution < -0.4 is 15.2 Å². The van der Waals surface area contributed by atoms with E-state index in [9.17, 15) is 14.7 Å². The summed E-state index contributed by atoms with van der Waals surface area (Å²) in [5.74, 6) is -0.192. The molecule has 176 valence electrons. The minimum Gasteiger partial charge on any atom is -0.502 e. The molecule has 8 heteroatoms. The summed E-state index contributed by atoms with van der Waals surface area (Å²) in [6.45, 7) is 1.20. The molecule has 1 N–H and O–H groups in total. The summed E-state index contributed by atoms with van der Waals surface area (Å²) < 4.78 is 13.4. The SMILES string of the molecule is COC[C@H]1N2CCCCOc3ccccc3[C@H](c3ccccc3)N1n1ccc(=O)c(O)c1C2=O. The minimum absolute atomic E-state index is 0.0431. The number of nitrogens with zero attached hydrogens (tertiary/aromatic N) is 3. The van der Waals surface area contributed by atoms with Gasteiger partial charge in [-0.15, -0.1) is 0 Å². The number of hydrogen-bond acceptors (Lipinski definition) is 6. The lowest BCUT2D eigenvalue weighted by molar-refractivity contribution is 0.0346. The molecule has 8 nitrogen and oxygen atoms in total. The highest BCUT2D eigenvalue weighted by molar-refractivity contribution is 5.96.